The number of hydrogen-bond donors (Lipinski definition) is 2. The molecule has 0 aromatic carbocycles. The van der Waals surface area contributed by atoms with Gasteiger partial charge < -0.3 is 15.2 Å². The van der Waals surface area contributed by atoms with Crippen LogP contribution in [0.4, 0.5) is 0 Å². The van der Waals surface area contributed by atoms with Crippen molar-refractivity contribution < 1.29 is 14.6 Å². The Kier molecular flexibility index (Phi) is 5.10. The summed E-state index contributed by atoms with van der Waals surface area (Å²) in [6.45, 7) is 3.85. The number of methoxy groups -OCH3 is 1. The van der Waals surface area contributed by atoms with E-state index in [-0.39, 0.29) is 6.54 Å². The normalized spacial score (nSPS) is 23.3. The maximum Gasteiger partial charge on any atom is 0.317 e. The van der Waals surface area contributed by atoms with Gasteiger partial charge in [0, 0.05) is 32.2 Å². The van der Waals surface area contributed by atoms with Crippen LogP contribution in [0.15, 0.2) is 0 Å². The number of rotatable bonds is 9. The van der Waals surface area contributed by atoms with E-state index in [1.165, 1.54) is 12.8 Å². The van der Waals surface area contributed by atoms with Crippen LogP contribution >= 0.6 is 0 Å². The lowest BCUT2D eigenvalue weighted by atomic mass is 9.85. The Balaban J connectivity index is 1.48. The molecule has 0 amide bonds. The standard InChI is InChI=1S/C17H28N4O3/c1-11-15(17(24-3)20(2)19-11)8-18-13-6-14(7-13)21(10-16(22)23)9-12-4-5-12/h12-14,18H,4-10H2,1-3H3,(H,22,23). The molecule has 2 aliphatic carbocycles. The van der Waals surface area contributed by atoms with Gasteiger partial charge >= 0.3 is 5.97 Å². The molecule has 0 aliphatic heterocycles. The number of aliphatic carboxylic acids is 1. The molecule has 0 spiro atoms. The second-order valence-corrected chi connectivity index (χ2v) is 7.17. The van der Waals surface area contributed by atoms with Crippen molar-refractivity contribution in [3.05, 3.63) is 11.3 Å². The van der Waals surface area contributed by atoms with E-state index in [1.54, 1.807) is 11.8 Å². The van der Waals surface area contributed by atoms with Gasteiger partial charge in [0.15, 0.2) is 0 Å². The smallest absolute Gasteiger partial charge is 0.317 e. The first-order chi connectivity index (χ1) is 11.5. The zero-order valence-corrected chi connectivity index (χ0v) is 14.8. The third kappa shape index (κ3) is 3.89. The average molecular weight is 336 g/mol. The van der Waals surface area contributed by atoms with E-state index in [0.717, 1.165) is 49.0 Å². The van der Waals surface area contributed by atoms with E-state index >= 15 is 0 Å². The summed E-state index contributed by atoms with van der Waals surface area (Å²) in [6.07, 6.45) is 4.54. The van der Waals surface area contributed by atoms with Crippen LogP contribution in [0.3, 0.4) is 0 Å². The molecule has 1 aromatic rings. The number of carbonyl (C=O) groups is 1. The van der Waals surface area contributed by atoms with Crippen LogP contribution in [0.1, 0.15) is 36.9 Å². The Hall–Kier alpha value is -1.60. The Morgan fingerprint density at radius 2 is 2.17 bits per heavy atom. The van der Waals surface area contributed by atoms with Crippen LogP contribution in [0, 0.1) is 12.8 Å². The highest BCUT2D eigenvalue weighted by Gasteiger charge is 2.37. The number of carboxylic acid groups (broad SMARTS) is 1. The Morgan fingerprint density at radius 1 is 1.46 bits per heavy atom. The predicted octanol–water partition coefficient (Wildman–Crippen LogP) is 1.15. The fourth-order valence-corrected chi connectivity index (χ4v) is 3.59. The van der Waals surface area contributed by atoms with Crippen LogP contribution in [0.5, 0.6) is 5.88 Å². The third-order valence-electron chi connectivity index (χ3n) is 5.21. The summed E-state index contributed by atoms with van der Waals surface area (Å²) < 4.78 is 7.19. The van der Waals surface area contributed by atoms with Gasteiger partial charge in [-0.05, 0) is 38.5 Å². The van der Waals surface area contributed by atoms with Crippen molar-refractivity contribution in [3.63, 3.8) is 0 Å². The molecule has 134 valence electrons. The number of aryl methyl sites for hydroxylation is 2. The molecule has 3 rings (SSSR count). The molecular weight excluding hydrogens is 308 g/mol. The number of ether oxygens (including phenoxy) is 1. The van der Waals surface area contributed by atoms with Crippen molar-refractivity contribution in [1.82, 2.24) is 20.0 Å². The largest absolute Gasteiger partial charge is 0.481 e. The minimum atomic E-state index is -0.720. The van der Waals surface area contributed by atoms with Crippen LogP contribution in [0.25, 0.3) is 0 Å². The lowest BCUT2D eigenvalue weighted by Crippen LogP contribution is -2.54. The summed E-state index contributed by atoms with van der Waals surface area (Å²) in [5.74, 6) is 0.804. The molecule has 0 unspecified atom stereocenters. The summed E-state index contributed by atoms with van der Waals surface area (Å²) in [5.41, 5.74) is 2.09. The van der Waals surface area contributed by atoms with Gasteiger partial charge in [-0.2, -0.15) is 5.10 Å². The van der Waals surface area contributed by atoms with Gasteiger partial charge in [0.25, 0.3) is 0 Å². The lowest BCUT2D eigenvalue weighted by molar-refractivity contribution is -0.139. The summed E-state index contributed by atoms with van der Waals surface area (Å²) in [5, 5.41) is 17.1. The van der Waals surface area contributed by atoms with Crippen molar-refractivity contribution in [1.29, 1.82) is 0 Å². The Bertz CT molecular complexity index is 591. The highest BCUT2D eigenvalue weighted by Crippen LogP contribution is 2.34. The lowest BCUT2D eigenvalue weighted by Gasteiger charge is -2.43. The zero-order valence-electron chi connectivity index (χ0n) is 14.8. The van der Waals surface area contributed by atoms with Crippen molar-refractivity contribution >= 4 is 5.97 Å². The number of hydrogen-bond acceptors (Lipinski definition) is 5. The minimum Gasteiger partial charge on any atom is -0.481 e. The molecule has 2 N–H and O–H groups in total. The fraction of sp³-hybridized carbons (Fsp3) is 0.765. The van der Waals surface area contributed by atoms with E-state index in [9.17, 15) is 4.79 Å². The van der Waals surface area contributed by atoms with Gasteiger partial charge in [-0.1, -0.05) is 0 Å². The van der Waals surface area contributed by atoms with Gasteiger partial charge in [-0.3, -0.25) is 9.69 Å². The predicted molar refractivity (Wildman–Crippen MR) is 90.1 cm³/mol. The summed E-state index contributed by atoms with van der Waals surface area (Å²) in [4.78, 5) is 13.2. The second kappa shape index (κ2) is 7.11. The highest BCUT2D eigenvalue weighted by molar-refractivity contribution is 5.69. The van der Waals surface area contributed by atoms with Gasteiger partial charge in [-0.25, -0.2) is 4.68 Å². The van der Waals surface area contributed by atoms with E-state index in [2.05, 4.69) is 15.3 Å². The van der Waals surface area contributed by atoms with Gasteiger partial charge in [-0.15, -0.1) is 0 Å². The molecule has 24 heavy (non-hydrogen) atoms. The van der Waals surface area contributed by atoms with E-state index in [1.807, 2.05) is 14.0 Å². The van der Waals surface area contributed by atoms with Crippen LogP contribution in [-0.2, 0) is 18.4 Å². The van der Waals surface area contributed by atoms with Gasteiger partial charge in [0.1, 0.15) is 0 Å². The zero-order chi connectivity index (χ0) is 17.3. The SMILES string of the molecule is COc1c(CNC2CC(N(CC(=O)O)CC3CC3)C2)c(C)nn1C. The Labute approximate surface area is 143 Å². The van der Waals surface area contributed by atoms with Crippen molar-refractivity contribution in [2.45, 2.75) is 51.2 Å². The molecule has 2 saturated carbocycles. The van der Waals surface area contributed by atoms with Gasteiger partial charge in [0.05, 0.1) is 24.9 Å². The molecule has 7 nitrogen and oxygen atoms in total. The molecule has 1 heterocycles. The van der Waals surface area contributed by atoms with E-state index in [4.69, 9.17) is 9.84 Å². The number of nitrogens with one attached hydrogen (secondary N) is 1. The third-order valence-corrected chi connectivity index (χ3v) is 5.21. The first-order valence-electron chi connectivity index (χ1n) is 8.73. The molecule has 0 bridgehead atoms. The second-order valence-electron chi connectivity index (χ2n) is 7.17. The number of aromatic nitrogens is 2. The molecule has 2 fully saturated rings. The fourth-order valence-electron chi connectivity index (χ4n) is 3.59. The van der Waals surface area contributed by atoms with Crippen LogP contribution < -0.4 is 10.1 Å². The van der Waals surface area contributed by atoms with Crippen molar-refractivity contribution in [2.24, 2.45) is 13.0 Å². The molecule has 7 heteroatoms. The molecule has 0 saturated heterocycles. The number of carboxylic acids is 1. The topological polar surface area (TPSA) is 79.6 Å². The maximum absolute atomic E-state index is 11.1. The first-order valence-corrected chi connectivity index (χ1v) is 8.73. The summed E-state index contributed by atoms with van der Waals surface area (Å²) in [6, 6.07) is 0.839. The van der Waals surface area contributed by atoms with Gasteiger partial charge in [0.2, 0.25) is 5.88 Å². The quantitative estimate of drug-likeness (QED) is 0.704. The van der Waals surface area contributed by atoms with Crippen molar-refractivity contribution in [2.75, 3.05) is 20.2 Å². The molecule has 0 radical (unpaired) electrons. The van der Waals surface area contributed by atoms with E-state index in [0.29, 0.717) is 12.1 Å². The summed E-state index contributed by atoms with van der Waals surface area (Å²) in [7, 11) is 3.55. The molecule has 2 aliphatic rings. The number of nitrogens with zero attached hydrogens (tertiary/aromatic N) is 3. The van der Waals surface area contributed by atoms with Crippen molar-refractivity contribution in [3.8, 4) is 5.88 Å². The first kappa shape index (κ1) is 17.2. The molecule has 1 aromatic heterocycles. The maximum atomic E-state index is 11.1. The minimum absolute atomic E-state index is 0.170. The summed E-state index contributed by atoms with van der Waals surface area (Å²) >= 11 is 0. The average Bonchev–Trinajstić information content (AvgIpc) is 3.22. The highest BCUT2D eigenvalue weighted by atomic mass is 16.5. The molecule has 0 atom stereocenters. The Morgan fingerprint density at radius 3 is 2.75 bits per heavy atom. The monoisotopic (exact) mass is 336 g/mol. The van der Waals surface area contributed by atoms with Crippen LogP contribution in [-0.4, -0.2) is 58.0 Å². The molecular formula is C17H28N4O3. The van der Waals surface area contributed by atoms with E-state index < -0.39 is 5.97 Å². The van der Waals surface area contributed by atoms with Crippen LogP contribution in [0.2, 0.25) is 0 Å².